The first-order chi connectivity index (χ1) is 7.86. The number of rotatable bonds is 2. The second-order valence-electron chi connectivity index (χ2n) is 3.70. The third-order valence-electron chi connectivity index (χ3n) is 2.47. The lowest BCUT2D eigenvalue weighted by Crippen LogP contribution is -2.15. The van der Waals surface area contributed by atoms with Crippen LogP contribution in [-0.2, 0) is 9.53 Å². The molecule has 0 atom stereocenters. The molecule has 0 bridgehead atoms. The fourth-order valence-electron chi connectivity index (χ4n) is 1.61. The van der Waals surface area contributed by atoms with Crippen molar-refractivity contribution >= 4 is 12.0 Å². The number of hydrogen-bond donors (Lipinski definition) is 0. The average molecular weight is 214 g/mol. The number of esters is 1. The number of carbonyl (C=O) groups excluding carboxylic acids is 1. The van der Waals surface area contributed by atoms with Gasteiger partial charge in [-0.05, 0) is 18.4 Å². The highest BCUT2D eigenvalue weighted by Crippen LogP contribution is 2.14. The van der Waals surface area contributed by atoms with Gasteiger partial charge in [-0.2, -0.15) is 0 Å². The highest BCUT2D eigenvalue weighted by atomic mass is 16.5. The van der Waals surface area contributed by atoms with Crippen LogP contribution in [0.5, 0.6) is 0 Å². The van der Waals surface area contributed by atoms with Gasteiger partial charge in [-0.1, -0.05) is 48.6 Å². The minimum absolute atomic E-state index is 0.177. The Balaban J connectivity index is 2.02. The normalized spacial score (nSPS) is 19.0. The minimum Gasteiger partial charge on any atom is -0.462 e. The lowest BCUT2D eigenvalue weighted by Gasteiger charge is -2.12. The number of ether oxygens (including phenoxy) is 1. The fraction of sp³-hybridized carbons (Fsp3) is 0.214. The standard InChI is InChI=1S/C14H14O2/c15-14-13(10-5-11-16-14)9-4-8-12-6-2-1-3-7-12/h1-4,6-9H,5,10-11H2/b8-4+,13-9+. The van der Waals surface area contributed by atoms with E-state index in [1.54, 1.807) is 0 Å². The Labute approximate surface area is 95.2 Å². The Morgan fingerprint density at radius 1 is 1.19 bits per heavy atom. The van der Waals surface area contributed by atoms with Gasteiger partial charge in [0, 0.05) is 5.57 Å². The lowest BCUT2D eigenvalue weighted by molar-refractivity contribution is -0.141. The second-order valence-corrected chi connectivity index (χ2v) is 3.70. The quantitative estimate of drug-likeness (QED) is 0.559. The molecule has 1 aromatic rings. The van der Waals surface area contributed by atoms with Gasteiger partial charge < -0.3 is 4.74 Å². The average Bonchev–Trinajstić information content (AvgIpc) is 2.33. The Bertz CT molecular complexity index is 416. The second kappa shape index (κ2) is 5.31. The molecule has 0 N–H and O–H groups in total. The summed E-state index contributed by atoms with van der Waals surface area (Å²) in [6.45, 7) is 0.554. The van der Waals surface area contributed by atoms with Crippen LogP contribution in [0.4, 0.5) is 0 Å². The molecule has 1 heterocycles. The van der Waals surface area contributed by atoms with Crippen LogP contribution in [0.25, 0.3) is 6.08 Å². The largest absolute Gasteiger partial charge is 0.462 e. The maximum atomic E-state index is 11.3. The van der Waals surface area contributed by atoms with Gasteiger partial charge in [0.05, 0.1) is 6.61 Å². The summed E-state index contributed by atoms with van der Waals surface area (Å²) in [4.78, 5) is 11.3. The van der Waals surface area contributed by atoms with E-state index in [4.69, 9.17) is 4.74 Å². The molecule has 0 saturated carbocycles. The van der Waals surface area contributed by atoms with Gasteiger partial charge in [-0.15, -0.1) is 0 Å². The Kier molecular flexibility index (Phi) is 3.54. The van der Waals surface area contributed by atoms with E-state index in [1.165, 1.54) is 0 Å². The van der Waals surface area contributed by atoms with Crippen molar-refractivity contribution in [3.8, 4) is 0 Å². The molecule has 2 heteroatoms. The molecule has 1 aromatic carbocycles. The molecule has 1 saturated heterocycles. The van der Waals surface area contributed by atoms with Gasteiger partial charge in [0.15, 0.2) is 0 Å². The van der Waals surface area contributed by atoms with E-state index >= 15 is 0 Å². The summed E-state index contributed by atoms with van der Waals surface area (Å²) in [5.74, 6) is -0.177. The molecular formula is C14H14O2. The van der Waals surface area contributed by atoms with Crippen molar-refractivity contribution in [2.24, 2.45) is 0 Å². The van der Waals surface area contributed by atoms with Gasteiger partial charge >= 0.3 is 5.97 Å². The Morgan fingerprint density at radius 2 is 2.00 bits per heavy atom. The van der Waals surface area contributed by atoms with E-state index in [-0.39, 0.29) is 5.97 Å². The monoisotopic (exact) mass is 214 g/mol. The predicted molar refractivity (Wildman–Crippen MR) is 63.8 cm³/mol. The van der Waals surface area contributed by atoms with Crippen LogP contribution in [0.15, 0.2) is 48.1 Å². The van der Waals surface area contributed by atoms with Crippen LogP contribution in [0, 0.1) is 0 Å². The molecule has 82 valence electrons. The van der Waals surface area contributed by atoms with E-state index in [2.05, 4.69) is 0 Å². The van der Waals surface area contributed by atoms with Crippen molar-refractivity contribution < 1.29 is 9.53 Å². The molecule has 1 aliphatic heterocycles. The lowest BCUT2D eigenvalue weighted by atomic mass is 10.1. The molecule has 16 heavy (non-hydrogen) atoms. The van der Waals surface area contributed by atoms with Gasteiger partial charge in [-0.25, -0.2) is 4.79 Å². The summed E-state index contributed by atoms with van der Waals surface area (Å²) in [7, 11) is 0. The summed E-state index contributed by atoms with van der Waals surface area (Å²) in [6.07, 6.45) is 7.47. The molecule has 2 nitrogen and oxygen atoms in total. The van der Waals surface area contributed by atoms with E-state index in [0.717, 1.165) is 24.0 Å². The Hall–Kier alpha value is -1.83. The third kappa shape index (κ3) is 2.83. The Morgan fingerprint density at radius 3 is 2.75 bits per heavy atom. The molecule has 2 rings (SSSR count). The van der Waals surface area contributed by atoms with E-state index in [0.29, 0.717) is 6.61 Å². The van der Waals surface area contributed by atoms with Crippen LogP contribution in [-0.4, -0.2) is 12.6 Å². The predicted octanol–water partition coefficient (Wildman–Crippen LogP) is 2.96. The smallest absolute Gasteiger partial charge is 0.333 e. The summed E-state index contributed by atoms with van der Waals surface area (Å²) >= 11 is 0. The van der Waals surface area contributed by atoms with Crippen LogP contribution < -0.4 is 0 Å². The molecule has 0 amide bonds. The molecular weight excluding hydrogens is 200 g/mol. The number of carbonyl (C=O) groups is 1. The van der Waals surface area contributed by atoms with Crippen molar-refractivity contribution in [2.75, 3.05) is 6.61 Å². The molecule has 1 aliphatic rings. The highest BCUT2D eigenvalue weighted by molar-refractivity contribution is 5.89. The zero-order valence-corrected chi connectivity index (χ0v) is 9.06. The van der Waals surface area contributed by atoms with Crippen molar-refractivity contribution in [2.45, 2.75) is 12.8 Å². The molecule has 0 radical (unpaired) electrons. The van der Waals surface area contributed by atoms with Crippen LogP contribution >= 0.6 is 0 Å². The first kappa shape index (κ1) is 10.7. The number of benzene rings is 1. The topological polar surface area (TPSA) is 26.3 Å². The van der Waals surface area contributed by atoms with Crippen LogP contribution in [0.3, 0.4) is 0 Å². The molecule has 1 fully saturated rings. The zero-order chi connectivity index (χ0) is 11.2. The van der Waals surface area contributed by atoms with Crippen molar-refractivity contribution in [1.29, 1.82) is 0 Å². The number of hydrogen-bond acceptors (Lipinski definition) is 2. The zero-order valence-electron chi connectivity index (χ0n) is 9.06. The van der Waals surface area contributed by atoms with Crippen molar-refractivity contribution in [3.05, 3.63) is 53.6 Å². The minimum atomic E-state index is -0.177. The number of allylic oxidation sites excluding steroid dienone is 2. The SMILES string of the molecule is O=C1OCCC/C1=C\C=C\c1ccccc1. The van der Waals surface area contributed by atoms with Gasteiger partial charge in [0.2, 0.25) is 0 Å². The van der Waals surface area contributed by atoms with E-state index in [1.807, 2.05) is 48.6 Å². The molecule has 0 aromatic heterocycles. The summed E-state index contributed by atoms with van der Waals surface area (Å²) in [6, 6.07) is 10.0. The van der Waals surface area contributed by atoms with E-state index < -0.39 is 0 Å². The highest BCUT2D eigenvalue weighted by Gasteiger charge is 2.14. The first-order valence-corrected chi connectivity index (χ1v) is 5.46. The molecule has 0 spiro atoms. The van der Waals surface area contributed by atoms with Gasteiger partial charge in [0.1, 0.15) is 0 Å². The van der Waals surface area contributed by atoms with E-state index in [9.17, 15) is 4.79 Å². The molecule has 0 aliphatic carbocycles. The molecule has 0 unspecified atom stereocenters. The van der Waals surface area contributed by atoms with Crippen LogP contribution in [0.1, 0.15) is 18.4 Å². The third-order valence-corrected chi connectivity index (χ3v) is 2.47. The van der Waals surface area contributed by atoms with Crippen molar-refractivity contribution in [3.63, 3.8) is 0 Å². The van der Waals surface area contributed by atoms with Crippen molar-refractivity contribution in [1.82, 2.24) is 0 Å². The maximum absolute atomic E-state index is 11.3. The summed E-state index contributed by atoms with van der Waals surface area (Å²) in [5, 5.41) is 0. The summed E-state index contributed by atoms with van der Waals surface area (Å²) in [5.41, 5.74) is 1.89. The fourth-order valence-corrected chi connectivity index (χ4v) is 1.61. The van der Waals surface area contributed by atoms with Gasteiger partial charge in [0.25, 0.3) is 0 Å². The first-order valence-electron chi connectivity index (χ1n) is 5.46. The maximum Gasteiger partial charge on any atom is 0.333 e. The number of cyclic esters (lactones) is 1. The van der Waals surface area contributed by atoms with Gasteiger partial charge in [-0.3, -0.25) is 0 Å². The summed E-state index contributed by atoms with van der Waals surface area (Å²) < 4.78 is 4.95. The van der Waals surface area contributed by atoms with Crippen LogP contribution in [0.2, 0.25) is 0 Å².